The predicted octanol–water partition coefficient (Wildman–Crippen LogP) is 4.58. The number of nitrogens with one attached hydrogen (secondary N) is 2. The smallest absolute Gasteiger partial charge is 0.229 e. The molecule has 0 spiro atoms. The summed E-state index contributed by atoms with van der Waals surface area (Å²) in [4.78, 5) is 8.96. The second kappa shape index (κ2) is 6.26. The maximum Gasteiger partial charge on any atom is 0.229 e. The lowest BCUT2D eigenvalue weighted by atomic mass is 10.2. The van der Waals surface area contributed by atoms with Crippen molar-refractivity contribution in [3.05, 3.63) is 71.9 Å². The zero-order valence-electron chi connectivity index (χ0n) is 12.7. The molecule has 0 saturated carbocycles. The van der Waals surface area contributed by atoms with Crippen LogP contribution in [0.5, 0.6) is 0 Å². The number of benzene rings is 2. The highest BCUT2D eigenvalue weighted by atomic mass is 15.1. The average Bonchev–Trinajstić information content (AvgIpc) is 2.47. The first-order chi connectivity index (χ1) is 10.7. The van der Waals surface area contributed by atoms with Gasteiger partial charge in [0.1, 0.15) is 5.82 Å². The molecule has 0 radical (unpaired) electrons. The molecule has 0 aliphatic rings. The standard InChI is InChI=1S/C18H18N4/c1-13-7-6-10-16(11-13)21-18-19-14(2)12-17(22-18)20-15-8-4-3-5-9-15/h3-12H,1-2H3,(H2,19,20,21,22). The number of aryl methyl sites for hydroxylation is 2. The van der Waals surface area contributed by atoms with E-state index in [1.54, 1.807) is 0 Å². The summed E-state index contributed by atoms with van der Waals surface area (Å²) in [5, 5.41) is 6.54. The van der Waals surface area contributed by atoms with Gasteiger partial charge in [0.05, 0.1) is 0 Å². The van der Waals surface area contributed by atoms with E-state index in [2.05, 4.69) is 39.7 Å². The highest BCUT2D eigenvalue weighted by molar-refractivity contribution is 5.60. The van der Waals surface area contributed by atoms with Gasteiger partial charge < -0.3 is 10.6 Å². The van der Waals surface area contributed by atoms with E-state index in [-0.39, 0.29) is 0 Å². The lowest BCUT2D eigenvalue weighted by Crippen LogP contribution is -2.02. The third-order valence-corrected chi connectivity index (χ3v) is 3.17. The molecule has 3 rings (SSSR count). The normalized spacial score (nSPS) is 10.3. The molecule has 3 aromatic rings. The fourth-order valence-electron chi connectivity index (χ4n) is 2.21. The number of anilines is 4. The van der Waals surface area contributed by atoms with E-state index in [4.69, 9.17) is 0 Å². The van der Waals surface area contributed by atoms with Gasteiger partial charge in [0.15, 0.2) is 0 Å². The molecule has 22 heavy (non-hydrogen) atoms. The summed E-state index contributed by atoms with van der Waals surface area (Å²) in [5.41, 5.74) is 4.09. The highest BCUT2D eigenvalue weighted by Crippen LogP contribution is 2.19. The summed E-state index contributed by atoms with van der Waals surface area (Å²) in [6.45, 7) is 4.02. The van der Waals surface area contributed by atoms with Crippen LogP contribution in [0, 0.1) is 13.8 Å². The Morgan fingerprint density at radius 3 is 2.27 bits per heavy atom. The van der Waals surface area contributed by atoms with E-state index in [0.717, 1.165) is 22.9 Å². The largest absolute Gasteiger partial charge is 0.340 e. The van der Waals surface area contributed by atoms with Crippen molar-refractivity contribution in [2.75, 3.05) is 10.6 Å². The lowest BCUT2D eigenvalue weighted by Gasteiger charge is -2.10. The Morgan fingerprint density at radius 2 is 1.50 bits per heavy atom. The quantitative estimate of drug-likeness (QED) is 0.738. The van der Waals surface area contributed by atoms with Crippen LogP contribution < -0.4 is 10.6 Å². The first-order valence-electron chi connectivity index (χ1n) is 7.20. The predicted molar refractivity (Wildman–Crippen MR) is 91.0 cm³/mol. The minimum atomic E-state index is 0.587. The number of hydrogen-bond acceptors (Lipinski definition) is 4. The van der Waals surface area contributed by atoms with E-state index >= 15 is 0 Å². The fraction of sp³-hybridized carbons (Fsp3) is 0.111. The number of hydrogen-bond donors (Lipinski definition) is 2. The minimum absolute atomic E-state index is 0.587. The van der Waals surface area contributed by atoms with Gasteiger partial charge in [-0.1, -0.05) is 30.3 Å². The molecule has 4 nitrogen and oxygen atoms in total. The van der Waals surface area contributed by atoms with E-state index in [1.807, 2.05) is 55.5 Å². The fourth-order valence-corrected chi connectivity index (χ4v) is 2.21. The Hall–Kier alpha value is -2.88. The Bertz CT molecular complexity index is 769. The topological polar surface area (TPSA) is 49.8 Å². The molecular formula is C18H18N4. The van der Waals surface area contributed by atoms with Gasteiger partial charge in [0, 0.05) is 23.1 Å². The Balaban J connectivity index is 1.83. The molecule has 2 aromatic carbocycles. The van der Waals surface area contributed by atoms with Crippen LogP contribution in [0.25, 0.3) is 0 Å². The molecule has 2 N–H and O–H groups in total. The molecule has 0 fully saturated rings. The van der Waals surface area contributed by atoms with Gasteiger partial charge >= 0.3 is 0 Å². The molecule has 0 atom stereocenters. The second-order valence-electron chi connectivity index (χ2n) is 5.20. The Labute approximate surface area is 130 Å². The highest BCUT2D eigenvalue weighted by Gasteiger charge is 2.03. The number of nitrogens with zero attached hydrogens (tertiary/aromatic N) is 2. The maximum absolute atomic E-state index is 4.52. The van der Waals surface area contributed by atoms with Crippen molar-refractivity contribution in [2.45, 2.75) is 13.8 Å². The van der Waals surface area contributed by atoms with E-state index in [1.165, 1.54) is 5.56 Å². The van der Waals surface area contributed by atoms with Gasteiger partial charge in [0.2, 0.25) is 5.95 Å². The molecule has 0 unspecified atom stereocenters. The summed E-state index contributed by atoms with van der Waals surface area (Å²) in [6.07, 6.45) is 0. The van der Waals surface area contributed by atoms with Gasteiger partial charge in [-0.25, -0.2) is 4.98 Å². The third kappa shape index (κ3) is 3.61. The van der Waals surface area contributed by atoms with Crippen molar-refractivity contribution in [3.63, 3.8) is 0 Å². The summed E-state index contributed by atoms with van der Waals surface area (Å²) in [5.74, 6) is 1.36. The summed E-state index contributed by atoms with van der Waals surface area (Å²) < 4.78 is 0. The van der Waals surface area contributed by atoms with E-state index in [0.29, 0.717) is 5.95 Å². The van der Waals surface area contributed by atoms with Gasteiger partial charge in [-0.15, -0.1) is 0 Å². The van der Waals surface area contributed by atoms with Crippen LogP contribution in [0.1, 0.15) is 11.3 Å². The molecule has 0 saturated heterocycles. The van der Waals surface area contributed by atoms with E-state index < -0.39 is 0 Å². The first kappa shape index (κ1) is 14.1. The number of aromatic nitrogens is 2. The lowest BCUT2D eigenvalue weighted by molar-refractivity contribution is 1.11. The van der Waals surface area contributed by atoms with E-state index in [9.17, 15) is 0 Å². The monoisotopic (exact) mass is 290 g/mol. The van der Waals surface area contributed by atoms with Crippen LogP contribution in [-0.2, 0) is 0 Å². The zero-order chi connectivity index (χ0) is 15.4. The maximum atomic E-state index is 4.52. The second-order valence-corrected chi connectivity index (χ2v) is 5.20. The van der Waals surface area contributed by atoms with Gasteiger partial charge in [0.25, 0.3) is 0 Å². The van der Waals surface area contributed by atoms with Crippen LogP contribution in [0.15, 0.2) is 60.7 Å². The molecule has 0 aliphatic carbocycles. The summed E-state index contributed by atoms with van der Waals surface area (Å²) >= 11 is 0. The van der Waals surface area contributed by atoms with Crippen LogP contribution >= 0.6 is 0 Å². The van der Waals surface area contributed by atoms with Crippen LogP contribution in [-0.4, -0.2) is 9.97 Å². The summed E-state index contributed by atoms with van der Waals surface area (Å²) in [7, 11) is 0. The molecule has 110 valence electrons. The number of para-hydroxylation sites is 1. The van der Waals surface area contributed by atoms with Crippen molar-refractivity contribution < 1.29 is 0 Å². The molecule has 0 bridgehead atoms. The average molecular weight is 290 g/mol. The number of rotatable bonds is 4. The minimum Gasteiger partial charge on any atom is -0.340 e. The van der Waals surface area contributed by atoms with Crippen LogP contribution in [0.4, 0.5) is 23.1 Å². The molecule has 0 aliphatic heterocycles. The Kier molecular flexibility index (Phi) is 4.01. The van der Waals surface area contributed by atoms with Crippen LogP contribution in [0.2, 0.25) is 0 Å². The van der Waals surface area contributed by atoms with Crippen molar-refractivity contribution in [1.29, 1.82) is 0 Å². The van der Waals surface area contributed by atoms with Crippen LogP contribution in [0.3, 0.4) is 0 Å². The first-order valence-corrected chi connectivity index (χ1v) is 7.20. The third-order valence-electron chi connectivity index (χ3n) is 3.17. The molecule has 4 heteroatoms. The van der Waals surface area contributed by atoms with Crippen molar-refractivity contribution in [1.82, 2.24) is 9.97 Å². The molecule has 1 heterocycles. The van der Waals surface area contributed by atoms with Gasteiger partial charge in [-0.05, 0) is 43.7 Å². The van der Waals surface area contributed by atoms with Crippen molar-refractivity contribution >= 4 is 23.1 Å². The Morgan fingerprint density at radius 1 is 0.727 bits per heavy atom. The van der Waals surface area contributed by atoms with Crippen molar-refractivity contribution in [2.24, 2.45) is 0 Å². The molecule has 0 amide bonds. The summed E-state index contributed by atoms with van der Waals surface area (Å²) in [6, 6.07) is 20.0. The van der Waals surface area contributed by atoms with Gasteiger partial charge in [-0.3, -0.25) is 0 Å². The zero-order valence-corrected chi connectivity index (χ0v) is 12.7. The molecule has 1 aromatic heterocycles. The van der Waals surface area contributed by atoms with Crippen molar-refractivity contribution in [3.8, 4) is 0 Å². The van der Waals surface area contributed by atoms with Gasteiger partial charge in [-0.2, -0.15) is 4.98 Å². The SMILES string of the molecule is Cc1cccc(Nc2nc(C)cc(Nc3ccccc3)n2)c1. The molecular weight excluding hydrogens is 272 g/mol.